The van der Waals surface area contributed by atoms with Crippen LogP contribution >= 0.6 is 0 Å². The van der Waals surface area contributed by atoms with Gasteiger partial charge in [0.2, 0.25) is 5.91 Å². The van der Waals surface area contributed by atoms with Crippen LogP contribution in [0.15, 0.2) is 15.7 Å². The van der Waals surface area contributed by atoms with Crippen molar-refractivity contribution >= 4 is 5.91 Å². The minimum Gasteiger partial charge on any atom is -0.395 e. The van der Waals surface area contributed by atoms with Crippen LogP contribution in [0.25, 0.3) is 0 Å². The Balaban J connectivity index is 2.10. The molecule has 2 rings (SSSR count). The standard InChI is InChI=1S/C14H21N3O4/c18-7-6-17(11-4-2-1-3-5-11)13(20)9-10-8-12(19)16-14(21)15-10/h8,11,18H,1-7,9H2,(H2,15,16,19,21). The summed E-state index contributed by atoms with van der Waals surface area (Å²) < 4.78 is 0. The number of H-pyrrole nitrogens is 2. The molecule has 0 aromatic carbocycles. The van der Waals surface area contributed by atoms with Crippen molar-refractivity contribution in [1.82, 2.24) is 14.9 Å². The largest absolute Gasteiger partial charge is 0.395 e. The lowest BCUT2D eigenvalue weighted by molar-refractivity contribution is -0.134. The van der Waals surface area contributed by atoms with Gasteiger partial charge in [0.25, 0.3) is 5.56 Å². The predicted molar refractivity (Wildman–Crippen MR) is 77.1 cm³/mol. The summed E-state index contributed by atoms with van der Waals surface area (Å²) >= 11 is 0. The van der Waals surface area contributed by atoms with Crippen molar-refractivity contribution < 1.29 is 9.90 Å². The molecule has 116 valence electrons. The number of aromatic nitrogens is 2. The Morgan fingerprint density at radius 3 is 2.57 bits per heavy atom. The van der Waals surface area contributed by atoms with E-state index in [1.165, 1.54) is 12.5 Å². The summed E-state index contributed by atoms with van der Waals surface area (Å²) in [7, 11) is 0. The van der Waals surface area contributed by atoms with E-state index in [2.05, 4.69) is 9.97 Å². The second kappa shape index (κ2) is 7.21. The van der Waals surface area contributed by atoms with Crippen LogP contribution in [-0.4, -0.2) is 45.1 Å². The molecule has 0 atom stereocenters. The van der Waals surface area contributed by atoms with Crippen LogP contribution in [-0.2, 0) is 11.2 Å². The number of aliphatic hydroxyl groups excluding tert-OH is 1. The Kier molecular flexibility index (Phi) is 5.32. The molecule has 1 amide bonds. The summed E-state index contributed by atoms with van der Waals surface area (Å²) in [6, 6.07) is 1.37. The maximum Gasteiger partial charge on any atom is 0.325 e. The van der Waals surface area contributed by atoms with E-state index in [-0.39, 0.29) is 31.5 Å². The average Bonchev–Trinajstić information content (AvgIpc) is 2.44. The van der Waals surface area contributed by atoms with Gasteiger partial charge in [0.1, 0.15) is 0 Å². The van der Waals surface area contributed by atoms with Crippen LogP contribution in [0.3, 0.4) is 0 Å². The van der Waals surface area contributed by atoms with Crippen molar-refractivity contribution in [2.24, 2.45) is 0 Å². The van der Waals surface area contributed by atoms with Crippen LogP contribution < -0.4 is 11.2 Å². The zero-order valence-electron chi connectivity index (χ0n) is 11.9. The molecule has 1 fully saturated rings. The highest BCUT2D eigenvalue weighted by atomic mass is 16.3. The van der Waals surface area contributed by atoms with Gasteiger partial charge in [0.15, 0.2) is 0 Å². The lowest BCUT2D eigenvalue weighted by Gasteiger charge is -2.34. The molecule has 1 aliphatic carbocycles. The first-order chi connectivity index (χ1) is 10.1. The summed E-state index contributed by atoms with van der Waals surface area (Å²) in [5.74, 6) is -0.169. The number of hydrogen-bond donors (Lipinski definition) is 3. The minimum atomic E-state index is -0.614. The molecule has 7 nitrogen and oxygen atoms in total. The molecule has 1 heterocycles. The molecular formula is C14H21N3O4. The Bertz CT molecular complexity index is 558. The van der Waals surface area contributed by atoms with Gasteiger partial charge < -0.3 is 15.0 Å². The highest BCUT2D eigenvalue weighted by Crippen LogP contribution is 2.22. The van der Waals surface area contributed by atoms with Crippen LogP contribution in [0.2, 0.25) is 0 Å². The van der Waals surface area contributed by atoms with Crippen molar-refractivity contribution in [3.63, 3.8) is 0 Å². The van der Waals surface area contributed by atoms with Crippen molar-refractivity contribution in [3.8, 4) is 0 Å². The van der Waals surface area contributed by atoms with Gasteiger partial charge in [-0.05, 0) is 12.8 Å². The number of aliphatic hydroxyl groups is 1. The van der Waals surface area contributed by atoms with Gasteiger partial charge in [-0.3, -0.25) is 14.6 Å². The third-order valence-electron chi connectivity index (χ3n) is 3.83. The Morgan fingerprint density at radius 2 is 1.95 bits per heavy atom. The summed E-state index contributed by atoms with van der Waals surface area (Å²) in [5, 5.41) is 9.16. The molecule has 0 aliphatic heterocycles. The number of rotatable bonds is 5. The van der Waals surface area contributed by atoms with E-state index in [1.807, 2.05) is 0 Å². The Hall–Kier alpha value is -1.89. The monoisotopic (exact) mass is 295 g/mol. The van der Waals surface area contributed by atoms with Gasteiger partial charge >= 0.3 is 5.69 Å². The zero-order chi connectivity index (χ0) is 15.2. The van der Waals surface area contributed by atoms with Gasteiger partial charge in [-0.2, -0.15) is 0 Å². The lowest BCUT2D eigenvalue weighted by Crippen LogP contribution is -2.44. The fraction of sp³-hybridized carbons (Fsp3) is 0.643. The molecule has 7 heteroatoms. The van der Waals surface area contributed by atoms with Crippen LogP contribution in [0.1, 0.15) is 37.8 Å². The minimum absolute atomic E-state index is 0.0321. The van der Waals surface area contributed by atoms with Gasteiger partial charge in [-0.15, -0.1) is 0 Å². The highest BCUT2D eigenvalue weighted by molar-refractivity contribution is 5.78. The molecular weight excluding hydrogens is 274 g/mol. The number of nitrogens with zero attached hydrogens (tertiary/aromatic N) is 1. The summed E-state index contributed by atoms with van der Waals surface area (Å²) in [4.78, 5) is 41.1. The van der Waals surface area contributed by atoms with Crippen LogP contribution in [0, 0.1) is 0 Å². The Labute approximate surface area is 122 Å². The molecule has 1 saturated carbocycles. The molecule has 0 radical (unpaired) electrons. The van der Waals surface area contributed by atoms with Gasteiger partial charge in [0, 0.05) is 24.3 Å². The fourth-order valence-electron chi connectivity index (χ4n) is 2.89. The van der Waals surface area contributed by atoms with E-state index in [4.69, 9.17) is 5.11 Å². The van der Waals surface area contributed by atoms with E-state index in [9.17, 15) is 14.4 Å². The van der Waals surface area contributed by atoms with Crippen molar-refractivity contribution in [3.05, 3.63) is 32.6 Å². The summed E-state index contributed by atoms with van der Waals surface area (Å²) in [6.45, 7) is 0.199. The van der Waals surface area contributed by atoms with Crippen LogP contribution in [0.4, 0.5) is 0 Å². The smallest absolute Gasteiger partial charge is 0.325 e. The molecule has 0 saturated heterocycles. The third kappa shape index (κ3) is 4.29. The zero-order valence-corrected chi connectivity index (χ0v) is 11.9. The molecule has 0 bridgehead atoms. The molecule has 1 aliphatic rings. The molecule has 21 heavy (non-hydrogen) atoms. The molecule has 1 aromatic heterocycles. The molecule has 1 aromatic rings. The van der Waals surface area contributed by atoms with Crippen molar-refractivity contribution in [2.75, 3.05) is 13.2 Å². The average molecular weight is 295 g/mol. The number of aromatic amines is 2. The maximum atomic E-state index is 12.4. The molecule has 0 spiro atoms. The first-order valence-electron chi connectivity index (χ1n) is 7.33. The molecule has 0 unspecified atom stereocenters. The topological polar surface area (TPSA) is 106 Å². The second-order valence-electron chi connectivity index (χ2n) is 5.39. The third-order valence-corrected chi connectivity index (χ3v) is 3.83. The van der Waals surface area contributed by atoms with Crippen molar-refractivity contribution in [2.45, 2.75) is 44.6 Å². The van der Waals surface area contributed by atoms with E-state index in [1.54, 1.807) is 4.90 Å². The number of nitrogens with one attached hydrogen (secondary N) is 2. The van der Waals surface area contributed by atoms with E-state index < -0.39 is 11.2 Å². The first kappa shape index (κ1) is 15.5. The van der Waals surface area contributed by atoms with E-state index in [0.29, 0.717) is 5.69 Å². The number of amides is 1. The number of carbonyl (C=O) groups is 1. The summed E-state index contributed by atoms with van der Waals surface area (Å²) in [5.41, 5.74) is -0.836. The van der Waals surface area contributed by atoms with Crippen LogP contribution in [0.5, 0.6) is 0 Å². The quantitative estimate of drug-likeness (QED) is 0.697. The Morgan fingerprint density at radius 1 is 1.24 bits per heavy atom. The van der Waals surface area contributed by atoms with E-state index >= 15 is 0 Å². The molecule has 3 N–H and O–H groups in total. The van der Waals surface area contributed by atoms with Gasteiger partial charge in [0.05, 0.1) is 13.0 Å². The van der Waals surface area contributed by atoms with Crippen molar-refractivity contribution in [1.29, 1.82) is 0 Å². The van der Waals surface area contributed by atoms with E-state index in [0.717, 1.165) is 25.7 Å². The number of carbonyl (C=O) groups excluding carboxylic acids is 1. The highest BCUT2D eigenvalue weighted by Gasteiger charge is 2.25. The predicted octanol–water partition coefficient (Wildman–Crippen LogP) is -0.241. The second-order valence-corrected chi connectivity index (χ2v) is 5.39. The number of hydrogen-bond acceptors (Lipinski definition) is 4. The lowest BCUT2D eigenvalue weighted by atomic mass is 9.94. The maximum absolute atomic E-state index is 12.4. The summed E-state index contributed by atoms with van der Waals surface area (Å²) in [6.07, 6.45) is 5.20. The fourth-order valence-corrected chi connectivity index (χ4v) is 2.89. The SMILES string of the molecule is O=C(Cc1cc(=O)[nH]c(=O)[nH]1)N(CCO)C1CCCCC1. The first-order valence-corrected chi connectivity index (χ1v) is 7.33. The van der Waals surface area contributed by atoms with Gasteiger partial charge in [-0.25, -0.2) is 4.79 Å². The normalized spacial score (nSPS) is 15.9. The van der Waals surface area contributed by atoms with Gasteiger partial charge in [-0.1, -0.05) is 19.3 Å².